The van der Waals surface area contributed by atoms with E-state index in [4.69, 9.17) is 4.74 Å². The van der Waals surface area contributed by atoms with Crippen molar-refractivity contribution in [1.29, 1.82) is 0 Å². The van der Waals surface area contributed by atoms with Gasteiger partial charge in [-0.15, -0.1) is 0 Å². The van der Waals surface area contributed by atoms with Crippen LogP contribution in [-0.4, -0.2) is 38.7 Å². The summed E-state index contributed by atoms with van der Waals surface area (Å²) in [5.74, 6) is 0.115. The van der Waals surface area contributed by atoms with Gasteiger partial charge in [-0.3, -0.25) is 15.6 Å². The second-order valence-electron chi connectivity index (χ2n) is 6.85. The van der Waals surface area contributed by atoms with E-state index in [0.717, 1.165) is 18.8 Å². The van der Waals surface area contributed by atoms with Crippen LogP contribution < -0.4 is 25.8 Å². The smallest absolute Gasteiger partial charge is 0.249 e. The van der Waals surface area contributed by atoms with Crippen molar-refractivity contribution in [2.24, 2.45) is 0 Å². The van der Waals surface area contributed by atoms with Gasteiger partial charge in [0.15, 0.2) is 11.6 Å². The number of benzene rings is 2. The lowest BCUT2D eigenvalue weighted by Crippen LogP contribution is -2.33. The van der Waals surface area contributed by atoms with Crippen LogP contribution in [0.1, 0.15) is 17.9 Å². The number of para-hydroxylation sites is 1. The van der Waals surface area contributed by atoms with Gasteiger partial charge in [-0.25, -0.2) is 4.39 Å². The summed E-state index contributed by atoms with van der Waals surface area (Å²) in [5, 5.41) is 3.13. The van der Waals surface area contributed by atoms with Crippen molar-refractivity contribution >= 4 is 17.3 Å². The van der Waals surface area contributed by atoms with Crippen molar-refractivity contribution in [3.05, 3.63) is 53.8 Å². The van der Waals surface area contributed by atoms with E-state index in [0.29, 0.717) is 24.6 Å². The summed E-state index contributed by atoms with van der Waals surface area (Å²) in [6, 6.07) is 12.4. The Morgan fingerprint density at radius 2 is 1.89 bits per heavy atom. The topological polar surface area (TPSA) is 65.6 Å². The number of methoxy groups -OCH3 is 1. The molecule has 2 aromatic rings. The van der Waals surface area contributed by atoms with Gasteiger partial charge in [0, 0.05) is 31.2 Å². The fourth-order valence-corrected chi connectivity index (χ4v) is 3.71. The molecule has 4 rings (SSSR count). The van der Waals surface area contributed by atoms with Gasteiger partial charge in [-0.1, -0.05) is 18.2 Å². The number of anilines is 2. The number of hydrazine groups is 1. The molecule has 2 aromatic carbocycles. The molecule has 2 saturated heterocycles. The standard InChI is InChI=1S/C20H23FN4O2/c1-27-19-16(21)3-2-4-17(19)24-18-9-10-25(20(18)26)15-7-5-13(6-8-15)14-11-22-23-12-14/h2-8,14,18,22-24H,9-12H2,1H3/t18-/m1/s1. The molecule has 142 valence electrons. The van der Waals surface area contributed by atoms with Gasteiger partial charge in [0.25, 0.3) is 0 Å². The summed E-state index contributed by atoms with van der Waals surface area (Å²) >= 11 is 0. The maximum Gasteiger partial charge on any atom is 0.249 e. The molecule has 0 radical (unpaired) electrons. The van der Waals surface area contributed by atoms with E-state index in [2.05, 4.69) is 28.3 Å². The third-order valence-corrected chi connectivity index (χ3v) is 5.20. The molecular weight excluding hydrogens is 347 g/mol. The first-order valence-corrected chi connectivity index (χ1v) is 9.13. The maximum atomic E-state index is 13.9. The second-order valence-corrected chi connectivity index (χ2v) is 6.85. The van der Waals surface area contributed by atoms with Gasteiger partial charge >= 0.3 is 0 Å². The highest BCUT2D eigenvalue weighted by atomic mass is 19.1. The summed E-state index contributed by atoms with van der Waals surface area (Å²) < 4.78 is 19.0. The predicted molar refractivity (Wildman–Crippen MR) is 103 cm³/mol. The molecule has 0 aromatic heterocycles. The number of hydrogen-bond donors (Lipinski definition) is 3. The maximum absolute atomic E-state index is 13.9. The van der Waals surface area contributed by atoms with Gasteiger partial charge in [0.05, 0.1) is 12.8 Å². The van der Waals surface area contributed by atoms with Crippen LogP contribution in [-0.2, 0) is 4.79 Å². The van der Waals surface area contributed by atoms with E-state index < -0.39 is 11.9 Å². The lowest BCUT2D eigenvalue weighted by molar-refractivity contribution is -0.117. The fraction of sp³-hybridized carbons (Fsp3) is 0.350. The highest BCUT2D eigenvalue weighted by Gasteiger charge is 2.33. The minimum Gasteiger partial charge on any atom is -0.492 e. The van der Waals surface area contributed by atoms with Crippen LogP contribution in [0.5, 0.6) is 5.75 Å². The Morgan fingerprint density at radius 3 is 2.59 bits per heavy atom. The molecule has 0 bridgehead atoms. The number of rotatable bonds is 5. The Labute approximate surface area is 157 Å². The van der Waals surface area contributed by atoms with Crippen molar-refractivity contribution in [2.75, 3.05) is 37.0 Å². The van der Waals surface area contributed by atoms with Gasteiger partial charge in [-0.2, -0.15) is 0 Å². The van der Waals surface area contributed by atoms with E-state index in [9.17, 15) is 9.18 Å². The molecule has 1 amide bonds. The Kier molecular flexibility index (Phi) is 4.96. The molecule has 2 fully saturated rings. The first-order chi connectivity index (χ1) is 13.2. The Hall–Kier alpha value is -2.64. The SMILES string of the molecule is COc1c(F)cccc1N[C@@H]1CCN(c2ccc(C3CNNC3)cc2)C1=O. The summed E-state index contributed by atoms with van der Waals surface area (Å²) in [6.07, 6.45) is 0.650. The average Bonchev–Trinajstić information content (AvgIpc) is 3.33. The highest BCUT2D eigenvalue weighted by Crippen LogP contribution is 2.31. The predicted octanol–water partition coefficient (Wildman–Crippen LogP) is 2.24. The van der Waals surface area contributed by atoms with Gasteiger partial charge in [-0.05, 0) is 36.2 Å². The fourth-order valence-electron chi connectivity index (χ4n) is 3.71. The molecule has 2 heterocycles. The molecular formula is C20H23FN4O2. The highest BCUT2D eigenvalue weighted by molar-refractivity contribution is 6.01. The van der Waals surface area contributed by atoms with E-state index in [1.54, 1.807) is 17.0 Å². The van der Waals surface area contributed by atoms with Crippen LogP contribution in [0, 0.1) is 5.82 Å². The Morgan fingerprint density at radius 1 is 1.15 bits per heavy atom. The van der Waals surface area contributed by atoms with Gasteiger partial charge < -0.3 is 15.0 Å². The zero-order valence-electron chi connectivity index (χ0n) is 15.2. The van der Waals surface area contributed by atoms with Crippen LogP contribution >= 0.6 is 0 Å². The molecule has 7 heteroatoms. The van der Waals surface area contributed by atoms with E-state index in [1.165, 1.54) is 18.7 Å². The second kappa shape index (κ2) is 7.54. The van der Waals surface area contributed by atoms with Crippen molar-refractivity contribution in [2.45, 2.75) is 18.4 Å². The number of nitrogens with zero attached hydrogens (tertiary/aromatic N) is 1. The molecule has 0 unspecified atom stereocenters. The zero-order valence-corrected chi connectivity index (χ0v) is 15.2. The van der Waals surface area contributed by atoms with Crippen LogP contribution in [0.3, 0.4) is 0 Å². The minimum absolute atomic E-state index is 0.0155. The third-order valence-electron chi connectivity index (χ3n) is 5.20. The minimum atomic E-state index is -0.448. The normalized spacial score (nSPS) is 20.3. The molecule has 2 aliphatic rings. The van der Waals surface area contributed by atoms with E-state index in [-0.39, 0.29) is 11.7 Å². The summed E-state index contributed by atoms with van der Waals surface area (Å²) in [4.78, 5) is 14.6. The van der Waals surface area contributed by atoms with Gasteiger partial charge in [0.1, 0.15) is 6.04 Å². The average molecular weight is 370 g/mol. The van der Waals surface area contributed by atoms with E-state index >= 15 is 0 Å². The van der Waals surface area contributed by atoms with E-state index in [1.807, 2.05) is 12.1 Å². The number of hydrogen-bond acceptors (Lipinski definition) is 5. The molecule has 27 heavy (non-hydrogen) atoms. The number of ether oxygens (including phenoxy) is 1. The molecule has 0 saturated carbocycles. The van der Waals surface area contributed by atoms with Crippen LogP contribution in [0.2, 0.25) is 0 Å². The molecule has 3 N–H and O–H groups in total. The van der Waals surface area contributed by atoms with Crippen molar-refractivity contribution in [1.82, 2.24) is 10.9 Å². The molecule has 6 nitrogen and oxygen atoms in total. The van der Waals surface area contributed by atoms with Crippen molar-refractivity contribution < 1.29 is 13.9 Å². The van der Waals surface area contributed by atoms with Crippen molar-refractivity contribution in [3.8, 4) is 5.75 Å². The largest absolute Gasteiger partial charge is 0.492 e. The monoisotopic (exact) mass is 370 g/mol. The first kappa shape index (κ1) is 17.8. The number of carbonyl (C=O) groups is 1. The van der Waals surface area contributed by atoms with Crippen molar-refractivity contribution in [3.63, 3.8) is 0 Å². The molecule has 2 aliphatic heterocycles. The molecule has 0 aliphatic carbocycles. The first-order valence-electron chi connectivity index (χ1n) is 9.13. The molecule has 0 spiro atoms. The lowest BCUT2D eigenvalue weighted by Gasteiger charge is -2.19. The molecule has 1 atom stereocenters. The Balaban J connectivity index is 1.46. The van der Waals surface area contributed by atoms with Gasteiger partial charge in [0.2, 0.25) is 5.91 Å². The summed E-state index contributed by atoms with van der Waals surface area (Å²) in [5.41, 5.74) is 8.89. The number of nitrogens with one attached hydrogen (secondary N) is 3. The van der Waals surface area contributed by atoms with Crippen LogP contribution in [0.15, 0.2) is 42.5 Å². The quantitative estimate of drug-likeness (QED) is 0.753. The lowest BCUT2D eigenvalue weighted by atomic mass is 10.00. The Bertz CT molecular complexity index is 821. The number of halogens is 1. The van der Waals surface area contributed by atoms with Crippen LogP contribution in [0.25, 0.3) is 0 Å². The summed E-state index contributed by atoms with van der Waals surface area (Å²) in [6.45, 7) is 2.44. The number of carbonyl (C=O) groups excluding carboxylic acids is 1. The third kappa shape index (κ3) is 3.48. The van der Waals surface area contributed by atoms with Crippen LogP contribution in [0.4, 0.5) is 15.8 Å². The summed E-state index contributed by atoms with van der Waals surface area (Å²) in [7, 11) is 1.42. The number of amides is 1. The zero-order chi connectivity index (χ0) is 18.8.